The summed E-state index contributed by atoms with van der Waals surface area (Å²) in [5.74, 6) is 0.0298. The summed E-state index contributed by atoms with van der Waals surface area (Å²) in [7, 11) is 1.56. The number of alkyl halides is 3. The lowest BCUT2D eigenvalue weighted by Crippen LogP contribution is -2.38. The first kappa shape index (κ1) is 25.5. The molecule has 0 saturated carbocycles. The molecule has 2 aromatic carbocycles. The van der Waals surface area contributed by atoms with Crippen molar-refractivity contribution >= 4 is 35.8 Å². The number of hydrogen-bond acceptors (Lipinski definition) is 3. The number of benzene rings is 2. The van der Waals surface area contributed by atoms with Crippen molar-refractivity contribution in [3.8, 4) is 5.75 Å². The molecule has 0 aromatic heterocycles. The van der Waals surface area contributed by atoms with Gasteiger partial charge in [-0.05, 0) is 24.6 Å². The van der Waals surface area contributed by atoms with Gasteiger partial charge in [0.2, 0.25) is 0 Å². The second-order valence-corrected chi connectivity index (χ2v) is 5.98. The Bertz CT molecular complexity index is 817. The summed E-state index contributed by atoms with van der Waals surface area (Å²) < 4.78 is 41.5. The molecule has 0 unspecified atom stereocenters. The summed E-state index contributed by atoms with van der Waals surface area (Å²) in [5, 5.41) is 8.80. The molecule has 10 heteroatoms. The fourth-order valence-corrected chi connectivity index (χ4v) is 2.46. The highest BCUT2D eigenvalue weighted by Crippen LogP contribution is 2.25. The zero-order valence-corrected chi connectivity index (χ0v) is 18.7. The van der Waals surface area contributed by atoms with E-state index in [0.717, 1.165) is 0 Å². The van der Waals surface area contributed by atoms with Crippen LogP contribution in [0.15, 0.2) is 59.6 Å². The molecule has 0 spiro atoms. The van der Waals surface area contributed by atoms with Gasteiger partial charge in [0.25, 0.3) is 5.91 Å². The van der Waals surface area contributed by atoms with E-state index in [1.54, 1.807) is 43.4 Å². The Labute approximate surface area is 190 Å². The second kappa shape index (κ2) is 12.9. The van der Waals surface area contributed by atoms with Gasteiger partial charge in [0, 0.05) is 37.8 Å². The van der Waals surface area contributed by atoms with Crippen molar-refractivity contribution in [2.75, 3.05) is 20.1 Å². The average Bonchev–Trinajstić information content (AvgIpc) is 2.70. The van der Waals surface area contributed by atoms with Crippen LogP contribution in [0.25, 0.3) is 0 Å². The predicted molar refractivity (Wildman–Crippen MR) is 120 cm³/mol. The maximum atomic E-state index is 12.5. The summed E-state index contributed by atoms with van der Waals surface area (Å²) in [4.78, 5) is 16.0. The van der Waals surface area contributed by atoms with E-state index in [1.807, 2.05) is 6.07 Å². The highest BCUT2D eigenvalue weighted by atomic mass is 127. The number of hydrogen-bond donors (Lipinski definition) is 3. The second-order valence-electron chi connectivity index (χ2n) is 5.98. The lowest BCUT2D eigenvalue weighted by atomic mass is 10.2. The molecule has 0 radical (unpaired) electrons. The van der Waals surface area contributed by atoms with Gasteiger partial charge in [-0.15, -0.1) is 37.1 Å². The Morgan fingerprint density at radius 3 is 2.27 bits per heavy atom. The van der Waals surface area contributed by atoms with Gasteiger partial charge in [-0.3, -0.25) is 9.79 Å². The van der Waals surface area contributed by atoms with Gasteiger partial charge in [-0.1, -0.05) is 36.4 Å². The summed E-state index contributed by atoms with van der Waals surface area (Å²) in [5.41, 5.74) is 0.945. The van der Waals surface area contributed by atoms with Crippen LogP contribution in [-0.2, 0) is 6.54 Å². The number of carbonyl (C=O) groups is 1. The normalized spacial score (nSPS) is 11.3. The predicted octanol–water partition coefficient (Wildman–Crippen LogP) is 3.69. The Morgan fingerprint density at radius 2 is 1.60 bits per heavy atom. The molecule has 0 bridgehead atoms. The minimum atomic E-state index is -4.75. The number of amides is 1. The van der Waals surface area contributed by atoms with E-state index < -0.39 is 6.36 Å². The topological polar surface area (TPSA) is 74.8 Å². The third kappa shape index (κ3) is 9.33. The molecule has 1 amide bonds. The number of carbonyl (C=O) groups excluding carboxylic acids is 1. The van der Waals surface area contributed by atoms with E-state index >= 15 is 0 Å². The van der Waals surface area contributed by atoms with E-state index in [-0.39, 0.29) is 42.2 Å². The van der Waals surface area contributed by atoms with E-state index in [1.165, 1.54) is 12.1 Å². The number of guanidine groups is 1. The Morgan fingerprint density at radius 1 is 0.967 bits per heavy atom. The summed E-state index contributed by atoms with van der Waals surface area (Å²) >= 11 is 0. The average molecular weight is 536 g/mol. The highest BCUT2D eigenvalue weighted by molar-refractivity contribution is 14.0. The van der Waals surface area contributed by atoms with Crippen LogP contribution in [0.4, 0.5) is 13.2 Å². The first-order valence-corrected chi connectivity index (χ1v) is 9.00. The van der Waals surface area contributed by atoms with Crippen LogP contribution >= 0.6 is 24.0 Å². The standard InChI is InChI=1S/C20H23F3N4O2.HI/c1-24-19(26-13-7-12-25-18(28)15-8-3-2-4-9-15)27-14-16-10-5-6-11-17(16)29-20(21,22)23;/h2-6,8-11H,7,12-14H2,1H3,(H,25,28)(H2,24,26,27);1H. The van der Waals surface area contributed by atoms with E-state index in [2.05, 4.69) is 25.7 Å². The van der Waals surface area contributed by atoms with Crippen LogP contribution in [-0.4, -0.2) is 38.4 Å². The summed E-state index contributed by atoms with van der Waals surface area (Å²) in [6.07, 6.45) is -4.10. The molecule has 30 heavy (non-hydrogen) atoms. The van der Waals surface area contributed by atoms with Gasteiger partial charge in [0.05, 0.1) is 0 Å². The van der Waals surface area contributed by atoms with Crippen LogP contribution in [0.2, 0.25) is 0 Å². The molecule has 3 N–H and O–H groups in total. The number of aliphatic imine (C=N–C) groups is 1. The minimum Gasteiger partial charge on any atom is -0.405 e. The zero-order valence-electron chi connectivity index (χ0n) is 16.3. The molecule has 0 aliphatic heterocycles. The molecule has 2 rings (SSSR count). The van der Waals surface area contributed by atoms with Crippen molar-refractivity contribution in [1.82, 2.24) is 16.0 Å². The van der Waals surface area contributed by atoms with Gasteiger partial charge in [0.15, 0.2) is 5.96 Å². The Hall–Kier alpha value is -2.50. The Balaban J connectivity index is 0.00000450. The van der Waals surface area contributed by atoms with E-state index in [4.69, 9.17) is 0 Å². The molecule has 0 atom stereocenters. The van der Waals surface area contributed by atoms with E-state index in [0.29, 0.717) is 36.6 Å². The number of nitrogens with one attached hydrogen (secondary N) is 3. The molecular weight excluding hydrogens is 512 g/mol. The van der Waals surface area contributed by atoms with Crippen LogP contribution in [0.3, 0.4) is 0 Å². The number of halogens is 4. The minimum absolute atomic E-state index is 0. The van der Waals surface area contributed by atoms with Crippen LogP contribution in [0.1, 0.15) is 22.3 Å². The molecular formula is C20H24F3IN4O2. The third-order valence-electron chi connectivity index (χ3n) is 3.84. The summed E-state index contributed by atoms with van der Waals surface area (Å²) in [6, 6.07) is 14.8. The number of ether oxygens (including phenoxy) is 1. The van der Waals surface area contributed by atoms with Crippen LogP contribution in [0.5, 0.6) is 5.75 Å². The zero-order chi connectivity index (χ0) is 21.1. The lowest BCUT2D eigenvalue weighted by Gasteiger charge is -2.15. The lowest BCUT2D eigenvalue weighted by molar-refractivity contribution is -0.274. The number of nitrogens with zero attached hydrogens (tertiary/aromatic N) is 1. The third-order valence-corrected chi connectivity index (χ3v) is 3.84. The van der Waals surface area contributed by atoms with Crippen LogP contribution < -0.4 is 20.7 Å². The van der Waals surface area contributed by atoms with Crippen LogP contribution in [0, 0.1) is 0 Å². The number of rotatable bonds is 8. The van der Waals surface area contributed by atoms with Crippen molar-refractivity contribution < 1.29 is 22.7 Å². The molecule has 164 valence electrons. The van der Waals surface area contributed by atoms with Crippen molar-refractivity contribution in [3.63, 3.8) is 0 Å². The fourth-order valence-electron chi connectivity index (χ4n) is 2.46. The molecule has 0 heterocycles. The fraction of sp³-hybridized carbons (Fsp3) is 0.300. The highest BCUT2D eigenvalue weighted by Gasteiger charge is 2.31. The van der Waals surface area contributed by atoms with Gasteiger partial charge in [-0.25, -0.2) is 0 Å². The molecule has 0 fully saturated rings. The van der Waals surface area contributed by atoms with Gasteiger partial charge in [-0.2, -0.15) is 0 Å². The quantitative estimate of drug-likeness (QED) is 0.208. The largest absolute Gasteiger partial charge is 0.573 e. The van der Waals surface area contributed by atoms with Gasteiger partial charge >= 0.3 is 6.36 Å². The molecule has 6 nitrogen and oxygen atoms in total. The van der Waals surface area contributed by atoms with Crippen molar-refractivity contribution in [1.29, 1.82) is 0 Å². The first-order chi connectivity index (χ1) is 13.9. The van der Waals surface area contributed by atoms with Crippen molar-refractivity contribution in [2.45, 2.75) is 19.3 Å². The number of para-hydroxylation sites is 1. The Kier molecular flexibility index (Phi) is 11.0. The van der Waals surface area contributed by atoms with Gasteiger partial charge < -0.3 is 20.7 Å². The van der Waals surface area contributed by atoms with Crippen molar-refractivity contribution in [2.24, 2.45) is 4.99 Å². The molecule has 2 aromatic rings. The van der Waals surface area contributed by atoms with Crippen molar-refractivity contribution in [3.05, 3.63) is 65.7 Å². The van der Waals surface area contributed by atoms with Gasteiger partial charge in [0.1, 0.15) is 5.75 Å². The SMILES string of the molecule is CN=C(NCCCNC(=O)c1ccccc1)NCc1ccccc1OC(F)(F)F.I. The smallest absolute Gasteiger partial charge is 0.405 e. The summed E-state index contributed by atoms with van der Waals surface area (Å²) in [6.45, 7) is 1.10. The molecule has 0 aliphatic rings. The first-order valence-electron chi connectivity index (χ1n) is 9.00. The monoisotopic (exact) mass is 536 g/mol. The maximum absolute atomic E-state index is 12.5. The maximum Gasteiger partial charge on any atom is 0.573 e. The molecule has 0 aliphatic carbocycles. The molecule has 0 saturated heterocycles. The van der Waals surface area contributed by atoms with E-state index in [9.17, 15) is 18.0 Å².